The van der Waals surface area contributed by atoms with Crippen molar-refractivity contribution in [3.8, 4) is 11.5 Å². The van der Waals surface area contributed by atoms with Gasteiger partial charge < -0.3 is 14.8 Å². The van der Waals surface area contributed by atoms with E-state index in [9.17, 15) is 9.18 Å². The summed E-state index contributed by atoms with van der Waals surface area (Å²) in [5.41, 5.74) is 0.801. The Bertz CT molecular complexity index is 747. The van der Waals surface area contributed by atoms with Gasteiger partial charge in [-0.1, -0.05) is 0 Å². The van der Waals surface area contributed by atoms with Crippen molar-refractivity contribution >= 4 is 23.7 Å². The molecule has 0 aliphatic heterocycles. The molecule has 1 N–H and O–H groups in total. The van der Waals surface area contributed by atoms with Crippen molar-refractivity contribution in [3.63, 3.8) is 0 Å². The summed E-state index contributed by atoms with van der Waals surface area (Å²) >= 11 is 1.64. The standard InChI is InChI=1S/C20H22FNO3S/c1-24-17-8-4-15(19(14-17)25-2)5-11-20(23)22-12-3-13-26-18-9-6-16(21)7-10-18/h4-11,14H,3,12-13H2,1-2H3,(H,22,23). The van der Waals surface area contributed by atoms with E-state index in [0.717, 1.165) is 22.6 Å². The summed E-state index contributed by atoms with van der Waals surface area (Å²) in [6.07, 6.45) is 4.02. The quantitative estimate of drug-likeness (QED) is 0.406. The molecule has 1 amide bonds. The number of hydrogen-bond acceptors (Lipinski definition) is 4. The van der Waals surface area contributed by atoms with Crippen LogP contribution in [0.2, 0.25) is 0 Å². The van der Waals surface area contributed by atoms with Crippen LogP contribution in [0.4, 0.5) is 4.39 Å². The molecule has 6 heteroatoms. The van der Waals surface area contributed by atoms with Gasteiger partial charge in [0, 0.05) is 29.1 Å². The van der Waals surface area contributed by atoms with Crippen molar-refractivity contribution in [2.45, 2.75) is 11.3 Å². The minimum atomic E-state index is -0.234. The Labute approximate surface area is 157 Å². The third kappa shape index (κ3) is 6.44. The number of carbonyl (C=O) groups is 1. The molecule has 2 aromatic carbocycles. The number of amides is 1. The van der Waals surface area contributed by atoms with Crippen LogP contribution < -0.4 is 14.8 Å². The molecular weight excluding hydrogens is 353 g/mol. The van der Waals surface area contributed by atoms with Gasteiger partial charge in [-0.2, -0.15) is 0 Å². The minimum absolute atomic E-state index is 0.158. The lowest BCUT2D eigenvalue weighted by molar-refractivity contribution is -0.116. The van der Waals surface area contributed by atoms with Crippen LogP contribution in [0.1, 0.15) is 12.0 Å². The molecule has 0 fully saturated rings. The Morgan fingerprint density at radius 2 is 1.92 bits per heavy atom. The molecule has 26 heavy (non-hydrogen) atoms. The molecule has 2 aromatic rings. The van der Waals surface area contributed by atoms with Gasteiger partial charge in [-0.15, -0.1) is 11.8 Å². The van der Waals surface area contributed by atoms with E-state index >= 15 is 0 Å². The van der Waals surface area contributed by atoms with Gasteiger partial charge in [0.05, 0.1) is 14.2 Å². The van der Waals surface area contributed by atoms with E-state index in [0.29, 0.717) is 18.0 Å². The molecule has 2 rings (SSSR count). The fourth-order valence-electron chi connectivity index (χ4n) is 2.19. The fourth-order valence-corrected chi connectivity index (χ4v) is 3.04. The lowest BCUT2D eigenvalue weighted by Crippen LogP contribution is -2.22. The first kappa shape index (κ1) is 19.8. The highest BCUT2D eigenvalue weighted by atomic mass is 32.2. The van der Waals surface area contributed by atoms with Gasteiger partial charge in [0.25, 0.3) is 0 Å². The highest BCUT2D eigenvalue weighted by Crippen LogP contribution is 2.25. The Morgan fingerprint density at radius 1 is 1.15 bits per heavy atom. The number of halogens is 1. The maximum atomic E-state index is 12.8. The SMILES string of the molecule is COc1ccc(C=CC(=O)NCCCSc2ccc(F)cc2)c(OC)c1. The monoisotopic (exact) mass is 375 g/mol. The third-order valence-corrected chi connectivity index (χ3v) is 4.66. The summed E-state index contributed by atoms with van der Waals surface area (Å²) in [5.74, 6) is 1.80. The molecule has 4 nitrogen and oxygen atoms in total. The van der Waals surface area contributed by atoms with E-state index in [1.54, 1.807) is 50.3 Å². The largest absolute Gasteiger partial charge is 0.497 e. The maximum Gasteiger partial charge on any atom is 0.244 e. The van der Waals surface area contributed by atoms with Crippen LogP contribution in [0.3, 0.4) is 0 Å². The second-order valence-electron chi connectivity index (χ2n) is 5.39. The Morgan fingerprint density at radius 3 is 2.62 bits per heavy atom. The van der Waals surface area contributed by atoms with Crippen LogP contribution in [-0.2, 0) is 4.79 Å². The average molecular weight is 375 g/mol. The van der Waals surface area contributed by atoms with Gasteiger partial charge in [-0.3, -0.25) is 4.79 Å². The summed E-state index contributed by atoms with van der Waals surface area (Å²) in [6, 6.07) is 11.8. The Hall–Kier alpha value is -2.47. The third-order valence-electron chi connectivity index (χ3n) is 3.56. The van der Waals surface area contributed by atoms with E-state index in [2.05, 4.69) is 5.32 Å². The predicted octanol–water partition coefficient (Wildman–Crippen LogP) is 4.15. The molecule has 0 aliphatic rings. The number of benzene rings is 2. The maximum absolute atomic E-state index is 12.8. The van der Waals surface area contributed by atoms with Crippen molar-refractivity contribution < 1.29 is 18.7 Å². The number of thioether (sulfide) groups is 1. The molecule has 0 unspecified atom stereocenters. The molecule has 0 spiro atoms. The normalized spacial score (nSPS) is 10.7. The number of nitrogens with one attached hydrogen (secondary N) is 1. The van der Waals surface area contributed by atoms with Gasteiger partial charge in [-0.25, -0.2) is 4.39 Å². The lowest BCUT2D eigenvalue weighted by atomic mass is 10.1. The van der Waals surface area contributed by atoms with Crippen LogP contribution in [0.25, 0.3) is 6.08 Å². The van der Waals surface area contributed by atoms with Crippen molar-refractivity contribution in [3.05, 3.63) is 59.9 Å². The zero-order chi connectivity index (χ0) is 18.8. The van der Waals surface area contributed by atoms with E-state index < -0.39 is 0 Å². The predicted molar refractivity (Wildman–Crippen MR) is 103 cm³/mol. The number of methoxy groups -OCH3 is 2. The van der Waals surface area contributed by atoms with Gasteiger partial charge in [-0.05, 0) is 54.6 Å². The van der Waals surface area contributed by atoms with E-state index in [-0.39, 0.29) is 11.7 Å². The van der Waals surface area contributed by atoms with Crippen LogP contribution >= 0.6 is 11.8 Å². The fraction of sp³-hybridized carbons (Fsp3) is 0.250. The average Bonchev–Trinajstić information content (AvgIpc) is 2.67. The first-order valence-electron chi connectivity index (χ1n) is 8.18. The lowest BCUT2D eigenvalue weighted by Gasteiger charge is -2.07. The van der Waals surface area contributed by atoms with Crippen LogP contribution in [0.5, 0.6) is 11.5 Å². The first-order chi connectivity index (χ1) is 12.6. The molecule has 0 saturated carbocycles. The summed E-state index contributed by atoms with van der Waals surface area (Å²) in [7, 11) is 3.16. The molecule has 138 valence electrons. The molecule has 0 aromatic heterocycles. The molecule has 0 bridgehead atoms. The van der Waals surface area contributed by atoms with Crippen molar-refractivity contribution in [2.75, 3.05) is 26.5 Å². The summed E-state index contributed by atoms with van der Waals surface area (Å²) in [5, 5.41) is 2.84. The number of hydrogen-bond donors (Lipinski definition) is 1. The zero-order valence-corrected chi connectivity index (χ0v) is 15.6. The molecule has 0 saturated heterocycles. The van der Waals surface area contributed by atoms with E-state index in [1.165, 1.54) is 18.2 Å². The van der Waals surface area contributed by atoms with Crippen molar-refractivity contribution in [2.24, 2.45) is 0 Å². The second-order valence-corrected chi connectivity index (χ2v) is 6.56. The number of carbonyl (C=O) groups excluding carboxylic acids is 1. The van der Waals surface area contributed by atoms with Gasteiger partial charge in [0.1, 0.15) is 17.3 Å². The topological polar surface area (TPSA) is 47.6 Å². The van der Waals surface area contributed by atoms with Crippen LogP contribution in [0, 0.1) is 5.82 Å². The molecule has 0 heterocycles. The van der Waals surface area contributed by atoms with Gasteiger partial charge >= 0.3 is 0 Å². The first-order valence-corrected chi connectivity index (χ1v) is 9.17. The van der Waals surface area contributed by atoms with E-state index in [1.807, 2.05) is 12.1 Å². The van der Waals surface area contributed by atoms with Crippen LogP contribution in [-0.4, -0.2) is 32.4 Å². The van der Waals surface area contributed by atoms with Crippen LogP contribution in [0.15, 0.2) is 53.4 Å². The molecule has 0 radical (unpaired) electrons. The summed E-state index contributed by atoms with van der Waals surface area (Å²) in [6.45, 7) is 0.580. The highest BCUT2D eigenvalue weighted by Gasteiger charge is 2.03. The summed E-state index contributed by atoms with van der Waals surface area (Å²) in [4.78, 5) is 12.9. The van der Waals surface area contributed by atoms with Crippen molar-refractivity contribution in [1.82, 2.24) is 5.32 Å². The number of rotatable bonds is 9. The van der Waals surface area contributed by atoms with Gasteiger partial charge in [0.15, 0.2) is 0 Å². The van der Waals surface area contributed by atoms with Gasteiger partial charge in [0.2, 0.25) is 5.91 Å². The molecule has 0 aliphatic carbocycles. The smallest absolute Gasteiger partial charge is 0.244 e. The summed E-state index contributed by atoms with van der Waals surface area (Å²) < 4.78 is 23.3. The minimum Gasteiger partial charge on any atom is -0.497 e. The number of ether oxygens (including phenoxy) is 2. The van der Waals surface area contributed by atoms with E-state index in [4.69, 9.17) is 9.47 Å². The Kier molecular flexibility index (Phi) is 8.02. The molecular formula is C20H22FNO3S. The zero-order valence-electron chi connectivity index (χ0n) is 14.8. The highest BCUT2D eigenvalue weighted by molar-refractivity contribution is 7.99. The van der Waals surface area contributed by atoms with Crippen molar-refractivity contribution in [1.29, 1.82) is 0 Å². The second kappa shape index (κ2) is 10.5. The Balaban J connectivity index is 1.73. The molecule has 0 atom stereocenters.